The van der Waals surface area contributed by atoms with Gasteiger partial charge in [0.15, 0.2) is 0 Å². The van der Waals surface area contributed by atoms with E-state index in [2.05, 4.69) is 29.4 Å². The molecule has 2 heterocycles. The van der Waals surface area contributed by atoms with Gasteiger partial charge in [0.2, 0.25) is 0 Å². The lowest BCUT2D eigenvalue weighted by molar-refractivity contribution is -0.0144. The van der Waals surface area contributed by atoms with Crippen LogP contribution in [0.3, 0.4) is 0 Å². The van der Waals surface area contributed by atoms with E-state index < -0.39 is 6.10 Å². The van der Waals surface area contributed by atoms with Crippen molar-refractivity contribution in [1.82, 2.24) is 20.4 Å². The van der Waals surface area contributed by atoms with E-state index in [4.69, 9.17) is 11.6 Å². The maximum Gasteiger partial charge on any atom is 0.317 e. The molecule has 170 valence electrons. The van der Waals surface area contributed by atoms with Crippen LogP contribution in [0.1, 0.15) is 56.9 Å². The van der Waals surface area contributed by atoms with Crippen molar-refractivity contribution in [2.45, 2.75) is 45.8 Å². The summed E-state index contributed by atoms with van der Waals surface area (Å²) in [5, 5.41) is 23.0. The number of carbonyl (C=O) groups excluding carboxylic acids is 1. The number of likely N-dealkylation sites (tertiary alicyclic amines) is 1. The van der Waals surface area contributed by atoms with Crippen LogP contribution in [0.25, 0.3) is 10.9 Å². The summed E-state index contributed by atoms with van der Waals surface area (Å²) in [7, 11) is 0. The summed E-state index contributed by atoms with van der Waals surface area (Å²) < 4.78 is 0. The van der Waals surface area contributed by atoms with Crippen molar-refractivity contribution in [2.24, 2.45) is 11.3 Å². The summed E-state index contributed by atoms with van der Waals surface area (Å²) >= 11 is 6.30. The number of benzene rings is 2. The minimum atomic E-state index is -0.701. The first-order valence-corrected chi connectivity index (χ1v) is 11.6. The predicted octanol–water partition coefficient (Wildman–Crippen LogP) is 5.46. The van der Waals surface area contributed by atoms with Gasteiger partial charge in [-0.25, -0.2) is 4.79 Å². The SMILES string of the molecule is C[C@H](NC(=O)N1CCC(C(C)(C)C(O)c2cc(Cl)cc3cn[nH]c23)CC1)c1ccccc1. The third-order valence-electron chi connectivity index (χ3n) is 7.02. The molecule has 7 heteroatoms. The maximum atomic E-state index is 12.8. The fraction of sp³-hybridized carbons (Fsp3) is 0.440. The highest BCUT2D eigenvalue weighted by molar-refractivity contribution is 6.31. The molecule has 0 bridgehead atoms. The molecule has 4 rings (SSSR count). The molecule has 0 radical (unpaired) electrons. The number of aromatic amines is 1. The largest absolute Gasteiger partial charge is 0.388 e. The Balaban J connectivity index is 1.40. The molecule has 1 aromatic heterocycles. The first-order valence-electron chi connectivity index (χ1n) is 11.2. The predicted molar refractivity (Wildman–Crippen MR) is 128 cm³/mol. The average Bonchev–Trinajstić information content (AvgIpc) is 3.27. The van der Waals surface area contributed by atoms with Crippen molar-refractivity contribution >= 4 is 28.5 Å². The highest BCUT2D eigenvalue weighted by atomic mass is 35.5. The molecule has 1 saturated heterocycles. The summed E-state index contributed by atoms with van der Waals surface area (Å²) in [6.45, 7) is 7.53. The molecule has 1 aliphatic rings. The molecule has 1 unspecified atom stereocenters. The van der Waals surface area contributed by atoms with Crippen LogP contribution in [0.4, 0.5) is 4.79 Å². The Bertz CT molecular complexity index is 1070. The van der Waals surface area contributed by atoms with Gasteiger partial charge in [-0.05, 0) is 48.8 Å². The molecule has 0 aliphatic carbocycles. The van der Waals surface area contributed by atoms with Crippen LogP contribution >= 0.6 is 11.6 Å². The summed E-state index contributed by atoms with van der Waals surface area (Å²) in [4.78, 5) is 14.7. The van der Waals surface area contributed by atoms with E-state index in [0.717, 1.165) is 34.9 Å². The van der Waals surface area contributed by atoms with Gasteiger partial charge in [-0.2, -0.15) is 5.10 Å². The number of aromatic nitrogens is 2. The van der Waals surface area contributed by atoms with E-state index in [1.165, 1.54) is 0 Å². The number of hydrogen-bond donors (Lipinski definition) is 3. The van der Waals surface area contributed by atoms with Crippen LogP contribution in [0, 0.1) is 11.3 Å². The fourth-order valence-corrected chi connectivity index (χ4v) is 5.05. The van der Waals surface area contributed by atoms with E-state index in [1.54, 1.807) is 6.20 Å². The van der Waals surface area contributed by atoms with Gasteiger partial charge in [0, 0.05) is 29.1 Å². The van der Waals surface area contributed by atoms with Gasteiger partial charge >= 0.3 is 6.03 Å². The van der Waals surface area contributed by atoms with Crippen molar-refractivity contribution in [3.63, 3.8) is 0 Å². The number of carbonyl (C=O) groups is 1. The average molecular weight is 455 g/mol. The third-order valence-corrected chi connectivity index (χ3v) is 7.24. The number of piperidine rings is 1. The van der Waals surface area contributed by atoms with E-state index in [0.29, 0.717) is 18.1 Å². The van der Waals surface area contributed by atoms with Gasteiger partial charge in [-0.3, -0.25) is 5.10 Å². The summed E-state index contributed by atoms with van der Waals surface area (Å²) in [5.41, 5.74) is 2.29. The number of H-pyrrole nitrogens is 1. The van der Waals surface area contributed by atoms with Gasteiger partial charge in [0.25, 0.3) is 0 Å². The van der Waals surface area contributed by atoms with Crippen LogP contribution in [0.2, 0.25) is 5.02 Å². The Morgan fingerprint density at radius 2 is 1.94 bits per heavy atom. The number of nitrogens with zero attached hydrogens (tertiary/aromatic N) is 2. The van der Waals surface area contributed by atoms with Crippen molar-refractivity contribution < 1.29 is 9.90 Å². The van der Waals surface area contributed by atoms with Crippen LogP contribution in [-0.2, 0) is 0 Å². The molecule has 32 heavy (non-hydrogen) atoms. The van der Waals surface area contributed by atoms with Gasteiger partial charge in [-0.15, -0.1) is 0 Å². The fourth-order valence-electron chi connectivity index (χ4n) is 4.81. The normalized spacial score (nSPS) is 17.3. The highest BCUT2D eigenvalue weighted by Gasteiger charge is 2.40. The molecule has 3 N–H and O–H groups in total. The van der Waals surface area contributed by atoms with E-state index >= 15 is 0 Å². The molecule has 2 atom stereocenters. The van der Waals surface area contributed by atoms with Gasteiger partial charge in [-0.1, -0.05) is 55.8 Å². The lowest BCUT2D eigenvalue weighted by Gasteiger charge is -2.43. The number of nitrogens with one attached hydrogen (secondary N) is 2. The minimum absolute atomic E-state index is 0.0350. The molecular formula is C25H31ClN4O2. The van der Waals surface area contributed by atoms with Crippen LogP contribution in [0.15, 0.2) is 48.7 Å². The Morgan fingerprint density at radius 3 is 2.62 bits per heavy atom. The first kappa shape index (κ1) is 22.6. The molecule has 6 nitrogen and oxygen atoms in total. The number of amides is 2. The van der Waals surface area contributed by atoms with Crippen molar-refractivity contribution in [3.8, 4) is 0 Å². The number of hydrogen-bond acceptors (Lipinski definition) is 3. The van der Waals surface area contributed by atoms with E-state index in [1.807, 2.05) is 54.3 Å². The summed E-state index contributed by atoms with van der Waals surface area (Å²) in [6.07, 6.45) is 2.69. The molecular weight excluding hydrogens is 424 g/mol. The molecule has 1 aliphatic heterocycles. The number of aliphatic hydroxyl groups is 1. The lowest BCUT2D eigenvalue weighted by atomic mass is 9.68. The zero-order valence-electron chi connectivity index (χ0n) is 18.8. The second kappa shape index (κ2) is 9.12. The zero-order valence-corrected chi connectivity index (χ0v) is 19.6. The minimum Gasteiger partial charge on any atom is -0.388 e. The van der Waals surface area contributed by atoms with Gasteiger partial charge in [0.05, 0.1) is 23.9 Å². The lowest BCUT2D eigenvalue weighted by Crippen LogP contribution is -2.47. The molecule has 2 amide bonds. The number of halogens is 1. The highest BCUT2D eigenvalue weighted by Crippen LogP contribution is 2.46. The topological polar surface area (TPSA) is 81.2 Å². The monoisotopic (exact) mass is 454 g/mol. The maximum absolute atomic E-state index is 12.8. The number of fused-ring (bicyclic) bond motifs is 1. The number of aliphatic hydroxyl groups excluding tert-OH is 1. The van der Waals surface area contributed by atoms with Crippen molar-refractivity contribution in [2.75, 3.05) is 13.1 Å². The molecule has 0 spiro atoms. The second-order valence-electron chi connectivity index (χ2n) is 9.40. The molecule has 3 aromatic rings. The smallest absolute Gasteiger partial charge is 0.317 e. The Labute approximate surface area is 194 Å². The van der Waals surface area contributed by atoms with Crippen molar-refractivity contribution in [1.29, 1.82) is 0 Å². The van der Waals surface area contributed by atoms with E-state index in [9.17, 15) is 9.90 Å². The standard InChI is InChI=1S/C25H31ClN4O2/c1-16(17-7-5-4-6-8-17)28-24(32)30-11-9-19(10-12-30)25(2,3)23(31)21-14-20(26)13-18-15-27-29-22(18)21/h4-8,13-16,19,23,31H,9-12H2,1-3H3,(H,27,29)(H,28,32)/t16-,23?/m0/s1. The summed E-state index contributed by atoms with van der Waals surface area (Å²) in [6, 6.07) is 13.6. The second-order valence-corrected chi connectivity index (χ2v) is 9.83. The Kier molecular flexibility index (Phi) is 6.45. The molecule has 1 fully saturated rings. The van der Waals surface area contributed by atoms with Crippen molar-refractivity contribution in [3.05, 3.63) is 64.8 Å². The van der Waals surface area contributed by atoms with Crippen LogP contribution < -0.4 is 5.32 Å². The van der Waals surface area contributed by atoms with Gasteiger partial charge in [0.1, 0.15) is 0 Å². The number of rotatable bonds is 5. The molecule has 2 aromatic carbocycles. The van der Waals surface area contributed by atoms with E-state index in [-0.39, 0.29) is 23.4 Å². The Hall–Kier alpha value is -2.57. The third kappa shape index (κ3) is 4.48. The Morgan fingerprint density at radius 1 is 1.25 bits per heavy atom. The summed E-state index contributed by atoms with van der Waals surface area (Å²) in [5.74, 6) is 0.269. The van der Waals surface area contributed by atoms with Crippen LogP contribution in [0.5, 0.6) is 0 Å². The number of urea groups is 1. The molecule has 0 saturated carbocycles. The first-order chi connectivity index (χ1) is 15.3. The quantitative estimate of drug-likeness (QED) is 0.478. The van der Waals surface area contributed by atoms with Gasteiger partial charge < -0.3 is 15.3 Å². The zero-order chi connectivity index (χ0) is 22.9. The van der Waals surface area contributed by atoms with Crippen LogP contribution in [-0.4, -0.2) is 39.3 Å².